The SMILES string of the molecule is OC[C@H]1O[C@@H](n2cnc3ncnc-3c2)[C@@H]2O[C@H]21. The number of aliphatic hydroxyl groups is 1. The number of aromatic nitrogens is 4. The monoisotopic (exact) mass is 234 g/mol. The predicted molar refractivity (Wildman–Crippen MR) is 54.1 cm³/mol. The molecule has 2 fully saturated rings. The highest BCUT2D eigenvalue weighted by atomic mass is 16.7. The summed E-state index contributed by atoms with van der Waals surface area (Å²) in [5.41, 5.74) is 0.723. The van der Waals surface area contributed by atoms with Crippen LogP contribution < -0.4 is 0 Å². The summed E-state index contributed by atoms with van der Waals surface area (Å²) < 4.78 is 12.9. The minimum Gasteiger partial charge on any atom is -0.394 e. The topological polar surface area (TPSA) is 85.6 Å². The second-order valence-electron chi connectivity index (χ2n) is 4.22. The molecule has 0 aliphatic carbocycles. The van der Waals surface area contributed by atoms with Crippen molar-refractivity contribution in [3.8, 4) is 11.5 Å². The molecule has 17 heavy (non-hydrogen) atoms. The number of hydrogen-bond donors (Lipinski definition) is 1. The van der Waals surface area contributed by atoms with Gasteiger partial charge in [-0.1, -0.05) is 0 Å². The molecule has 0 aromatic carbocycles. The quantitative estimate of drug-likeness (QED) is 0.701. The van der Waals surface area contributed by atoms with E-state index < -0.39 is 0 Å². The van der Waals surface area contributed by atoms with E-state index in [1.807, 2.05) is 10.8 Å². The standard InChI is InChI=1S/C10H10N4O3/c15-2-6-7-8(17-7)10(16-6)14-1-5-9(13-4-14)12-3-11-5/h1,3-4,6-8,10,15H,2H2/t6-,7+,8-,10-/m1/s1. The first-order chi connectivity index (χ1) is 8.36. The van der Waals surface area contributed by atoms with Crippen molar-refractivity contribution in [2.45, 2.75) is 24.5 Å². The molecule has 0 saturated carbocycles. The van der Waals surface area contributed by atoms with E-state index in [-0.39, 0.29) is 31.1 Å². The summed E-state index contributed by atoms with van der Waals surface area (Å²) >= 11 is 0. The molecule has 88 valence electrons. The van der Waals surface area contributed by atoms with Gasteiger partial charge in [0.15, 0.2) is 12.1 Å². The molecule has 4 atom stereocenters. The maximum Gasteiger partial charge on any atom is 0.182 e. The minimum absolute atomic E-state index is 0.0129. The molecule has 0 radical (unpaired) electrons. The molecule has 1 N–H and O–H groups in total. The zero-order valence-corrected chi connectivity index (χ0v) is 8.80. The maximum atomic E-state index is 9.11. The summed E-state index contributed by atoms with van der Waals surface area (Å²) in [7, 11) is 0. The maximum absolute atomic E-state index is 9.11. The molecule has 0 unspecified atom stereocenters. The molecule has 4 heterocycles. The van der Waals surface area contributed by atoms with Crippen LogP contribution in [0, 0.1) is 0 Å². The van der Waals surface area contributed by atoms with Crippen LogP contribution >= 0.6 is 0 Å². The Morgan fingerprint density at radius 2 is 2.18 bits per heavy atom. The number of rotatable bonds is 2. The summed E-state index contributed by atoms with van der Waals surface area (Å²) in [4.78, 5) is 12.3. The van der Waals surface area contributed by atoms with Gasteiger partial charge in [0, 0.05) is 6.20 Å². The van der Waals surface area contributed by atoms with E-state index in [0.29, 0.717) is 5.82 Å². The third kappa shape index (κ3) is 1.30. The number of nitrogens with zero attached hydrogens (tertiary/aromatic N) is 4. The second kappa shape index (κ2) is 3.22. The fraction of sp³-hybridized carbons (Fsp3) is 0.500. The lowest BCUT2D eigenvalue weighted by atomic mass is 10.2. The van der Waals surface area contributed by atoms with Crippen LogP contribution in [-0.2, 0) is 9.47 Å². The highest BCUT2D eigenvalue weighted by Gasteiger charge is 2.58. The molecule has 4 aliphatic rings. The van der Waals surface area contributed by atoms with Gasteiger partial charge in [-0.05, 0) is 0 Å². The summed E-state index contributed by atoms with van der Waals surface area (Å²) in [5.74, 6) is 0.617. The first-order valence-electron chi connectivity index (χ1n) is 5.43. The molecule has 0 spiro atoms. The van der Waals surface area contributed by atoms with E-state index >= 15 is 0 Å². The normalized spacial score (nSPS) is 35.1. The predicted octanol–water partition coefficient (Wildman–Crippen LogP) is -0.565. The van der Waals surface area contributed by atoms with Crippen LogP contribution in [0.4, 0.5) is 0 Å². The number of aliphatic hydroxyl groups excluding tert-OH is 1. The number of hydrogen-bond acceptors (Lipinski definition) is 6. The van der Waals surface area contributed by atoms with Gasteiger partial charge in [-0.2, -0.15) is 0 Å². The average molecular weight is 234 g/mol. The zero-order chi connectivity index (χ0) is 11.4. The fourth-order valence-corrected chi connectivity index (χ4v) is 2.28. The Morgan fingerprint density at radius 3 is 3.00 bits per heavy atom. The number of epoxide rings is 1. The van der Waals surface area contributed by atoms with E-state index in [2.05, 4.69) is 15.0 Å². The van der Waals surface area contributed by atoms with E-state index in [1.165, 1.54) is 6.33 Å². The lowest BCUT2D eigenvalue weighted by molar-refractivity contribution is -0.0842. The Morgan fingerprint density at radius 1 is 1.24 bits per heavy atom. The second-order valence-corrected chi connectivity index (χ2v) is 4.22. The Kier molecular flexibility index (Phi) is 1.79. The van der Waals surface area contributed by atoms with Crippen molar-refractivity contribution >= 4 is 0 Å². The number of imidazole rings is 1. The van der Waals surface area contributed by atoms with Crippen LogP contribution in [0.1, 0.15) is 6.23 Å². The van der Waals surface area contributed by atoms with Gasteiger partial charge in [0.25, 0.3) is 0 Å². The van der Waals surface area contributed by atoms with Crippen LogP contribution in [0.2, 0.25) is 0 Å². The minimum atomic E-state index is -0.237. The van der Waals surface area contributed by atoms with Crippen molar-refractivity contribution in [1.82, 2.24) is 19.5 Å². The summed E-state index contributed by atoms with van der Waals surface area (Å²) in [6.07, 6.45) is 4.52. The molecule has 7 nitrogen and oxygen atoms in total. The highest BCUT2D eigenvalue weighted by Crippen LogP contribution is 2.44. The van der Waals surface area contributed by atoms with Gasteiger partial charge < -0.3 is 19.1 Å². The molecular formula is C10H10N4O3. The first kappa shape index (κ1) is 9.46. The van der Waals surface area contributed by atoms with Crippen LogP contribution in [0.5, 0.6) is 0 Å². The Hall–Kier alpha value is -1.57. The Bertz CT molecular complexity index is 530. The molecule has 4 aliphatic heterocycles. The molecule has 2 saturated heterocycles. The van der Waals surface area contributed by atoms with Crippen molar-refractivity contribution in [2.75, 3.05) is 6.61 Å². The van der Waals surface area contributed by atoms with Crippen LogP contribution in [0.25, 0.3) is 11.5 Å². The molecular weight excluding hydrogens is 224 g/mol. The smallest absolute Gasteiger partial charge is 0.182 e. The van der Waals surface area contributed by atoms with Crippen LogP contribution in [0.15, 0.2) is 18.9 Å². The number of fused-ring (bicyclic) bond motifs is 2. The van der Waals surface area contributed by atoms with Gasteiger partial charge in [0.1, 0.15) is 30.3 Å². The van der Waals surface area contributed by atoms with Gasteiger partial charge in [-0.25, -0.2) is 15.0 Å². The molecule has 7 heteroatoms. The van der Waals surface area contributed by atoms with E-state index in [1.54, 1.807) is 6.33 Å². The van der Waals surface area contributed by atoms with Crippen LogP contribution in [-0.4, -0.2) is 49.5 Å². The summed E-state index contributed by atoms with van der Waals surface area (Å²) in [5, 5.41) is 9.11. The fourth-order valence-electron chi connectivity index (χ4n) is 2.28. The van der Waals surface area contributed by atoms with Gasteiger partial charge in [-0.15, -0.1) is 0 Å². The van der Waals surface area contributed by atoms with Gasteiger partial charge >= 0.3 is 0 Å². The lowest BCUT2D eigenvalue weighted by Gasteiger charge is -2.18. The highest BCUT2D eigenvalue weighted by molar-refractivity contribution is 5.47. The van der Waals surface area contributed by atoms with Crippen molar-refractivity contribution in [3.63, 3.8) is 0 Å². The lowest BCUT2D eigenvalue weighted by Crippen LogP contribution is -2.22. The van der Waals surface area contributed by atoms with Crippen molar-refractivity contribution < 1.29 is 14.6 Å². The Labute approximate surface area is 96.4 Å². The largest absolute Gasteiger partial charge is 0.394 e. The van der Waals surface area contributed by atoms with Crippen molar-refractivity contribution in [2.24, 2.45) is 0 Å². The van der Waals surface area contributed by atoms with Crippen LogP contribution in [0.3, 0.4) is 0 Å². The molecule has 0 aromatic heterocycles. The zero-order valence-electron chi connectivity index (χ0n) is 8.80. The van der Waals surface area contributed by atoms with Crippen molar-refractivity contribution in [1.29, 1.82) is 0 Å². The third-order valence-electron chi connectivity index (χ3n) is 3.19. The molecule has 0 amide bonds. The Balaban J connectivity index is 1.69. The third-order valence-corrected chi connectivity index (χ3v) is 3.19. The molecule has 0 bridgehead atoms. The summed E-state index contributed by atoms with van der Waals surface area (Å²) in [6, 6.07) is 0. The summed E-state index contributed by atoms with van der Waals surface area (Å²) in [6.45, 7) is -0.0237. The molecule has 4 rings (SSSR count). The molecule has 0 aromatic rings. The van der Waals surface area contributed by atoms with Gasteiger partial charge in [-0.3, -0.25) is 0 Å². The van der Waals surface area contributed by atoms with E-state index in [4.69, 9.17) is 14.6 Å². The van der Waals surface area contributed by atoms with Gasteiger partial charge in [0.2, 0.25) is 0 Å². The first-order valence-corrected chi connectivity index (χ1v) is 5.43. The van der Waals surface area contributed by atoms with Crippen molar-refractivity contribution in [3.05, 3.63) is 18.9 Å². The van der Waals surface area contributed by atoms with E-state index in [0.717, 1.165) is 5.69 Å². The average Bonchev–Trinajstić information content (AvgIpc) is 2.88. The number of ether oxygens (including phenoxy) is 2. The van der Waals surface area contributed by atoms with E-state index in [9.17, 15) is 0 Å². The van der Waals surface area contributed by atoms with Gasteiger partial charge in [0.05, 0.1) is 12.9 Å².